The molecule has 2 heterocycles. The first-order chi connectivity index (χ1) is 12.8. The fraction of sp³-hybridized carbons (Fsp3) is 0.600. The molecular weight excluding hydrogens is 352 g/mol. The van der Waals surface area contributed by atoms with Crippen molar-refractivity contribution in [2.45, 2.75) is 32.7 Å². The van der Waals surface area contributed by atoms with Crippen LogP contribution in [0.25, 0.3) is 0 Å². The summed E-state index contributed by atoms with van der Waals surface area (Å²) >= 11 is 0. The number of rotatable bonds is 5. The molecule has 7 heteroatoms. The summed E-state index contributed by atoms with van der Waals surface area (Å²) in [5.74, 6) is -1.58. The zero-order valence-electron chi connectivity index (χ0n) is 16.0. The van der Waals surface area contributed by atoms with Gasteiger partial charge in [0.1, 0.15) is 0 Å². The number of halogens is 2. The predicted molar refractivity (Wildman–Crippen MR) is 97.8 cm³/mol. The van der Waals surface area contributed by atoms with Crippen molar-refractivity contribution in [2.75, 3.05) is 39.8 Å². The minimum Gasteiger partial charge on any atom is -0.345 e. The summed E-state index contributed by atoms with van der Waals surface area (Å²) in [6, 6.07) is 3.78. The predicted octanol–water partition coefficient (Wildman–Crippen LogP) is 2.26. The van der Waals surface area contributed by atoms with Gasteiger partial charge in [0.05, 0.1) is 6.54 Å². The lowest BCUT2D eigenvalue weighted by Gasteiger charge is -2.38. The number of carbonyl (C=O) groups excluding carboxylic acids is 2. The summed E-state index contributed by atoms with van der Waals surface area (Å²) in [6.45, 7) is 5.62. The smallest absolute Gasteiger partial charge is 0.236 e. The Hall–Kier alpha value is -2.02. The van der Waals surface area contributed by atoms with Gasteiger partial charge in [-0.1, -0.05) is 6.07 Å². The van der Waals surface area contributed by atoms with Crippen molar-refractivity contribution in [1.29, 1.82) is 0 Å². The van der Waals surface area contributed by atoms with Gasteiger partial charge in [0.15, 0.2) is 11.6 Å². The van der Waals surface area contributed by atoms with E-state index in [2.05, 4.69) is 4.90 Å². The first-order valence-electron chi connectivity index (χ1n) is 9.50. The van der Waals surface area contributed by atoms with Crippen molar-refractivity contribution in [1.82, 2.24) is 14.7 Å². The number of likely N-dealkylation sites (N-methyl/N-ethyl adjacent to an activating group) is 1. The third-order valence-corrected chi connectivity index (χ3v) is 5.94. The van der Waals surface area contributed by atoms with Crippen molar-refractivity contribution in [3.8, 4) is 0 Å². The summed E-state index contributed by atoms with van der Waals surface area (Å²) in [7, 11) is 1.81. The van der Waals surface area contributed by atoms with Crippen LogP contribution >= 0.6 is 0 Å². The number of likely N-dealkylation sites (tertiary alicyclic amines) is 2. The number of piperidine rings is 1. The number of benzene rings is 1. The summed E-state index contributed by atoms with van der Waals surface area (Å²) in [6.07, 6.45) is 2.24. The van der Waals surface area contributed by atoms with Gasteiger partial charge in [-0.05, 0) is 56.0 Å². The average Bonchev–Trinajstić information content (AvgIpc) is 2.94. The molecule has 0 radical (unpaired) electrons. The molecule has 1 aromatic rings. The van der Waals surface area contributed by atoms with Gasteiger partial charge in [-0.3, -0.25) is 14.5 Å². The molecule has 0 unspecified atom stereocenters. The minimum absolute atomic E-state index is 0.0636. The second kappa shape index (κ2) is 7.92. The van der Waals surface area contributed by atoms with Crippen LogP contribution in [-0.2, 0) is 16.1 Å². The van der Waals surface area contributed by atoms with Gasteiger partial charge in [0.2, 0.25) is 11.8 Å². The normalized spacial score (nSPS) is 19.7. The fourth-order valence-corrected chi connectivity index (χ4v) is 3.99. The quantitative estimate of drug-likeness (QED) is 0.788. The molecule has 0 saturated carbocycles. The molecule has 3 rings (SSSR count). The van der Waals surface area contributed by atoms with Crippen molar-refractivity contribution < 1.29 is 18.4 Å². The van der Waals surface area contributed by atoms with Crippen LogP contribution in [0.2, 0.25) is 0 Å². The Morgan fingerprint density at radius 2 is 1.93 bits per heavy atom. The number of nitrogens with zero attached hydrogens (tertiary/aromatic N) is 3. The van der Waals surface area contributed by atoms with Crippen LogP contribution in [0.3, 0.4) is 0 Å². The molecule has 148 valence electrons. The number of hydrogen-bond donors (Lipinski definition) is 0. The lowest BCUT2D eigenvalue weighted by molar-refractivity contribution is -0.131. The topological polar surface area (TPSA) is 43.9 Å². The molecule has 0 aliphatic carbocycles. The van der Waals surface area contributed by atoms with Gasteiger partial charge in [0, 0.05) is 33.1 Å². The maximum absolute atomic E-state index is 13.4. The van der Waals surface area contributed by atoms with Crippen molar-refractivity contribution in [2.24, 2.45) is 5.41 Å². The number of carbonyl (C=O) groups is 2. The second-order valence-corrected chi connectivity index (χ2v) is 7.86. The van der Waals surface area contributed by atoms with Gasteiger partial charge < -0.3 is 9.80 Å². The van der Waals surface area contributed by atoms with Crippen LogP contribution in [0.5, 0.6) is 0 Å². The molecule has 0 aromatic heterocycles. The van der Waals surface area contributed by atoms with E-state index in [1.54, 1.807) is 16.8 Å². The van der Waals surface area contributed by atoms with E-state index in [1.807, 2.05) is 6.92 Å². The molecular formula is C20H27F2N3O2. The van der Waals surface area contributed by atoms with Crippen LogP contribution < -0.4 is 0 Å². The monoisotopic (exact) mass is 379 g/mol. The van der Waals surface area contributed by atoms with Crippen LogP contribution in [0.15, 0.2) is 18.2 Å². The average molecular weight is 379 g/mol. The molecule has 2 amide bonds. The van der Waals surface area contributed by atoms with Crippen LogP contribution in [0.4, 0.5) is 8.78 Å². The summed E-state index contributed by atoms with van der Waals surface area (Å²) < 4.78 is 26.5. The van der Waals surface area contributed by atoms with Gasteiger partial charge in [-0.2, -0.15) is 0 Å². The van der Waals surface area contributed by atoms with E-state index in [1.165, 1.54) is 6.07 Å². The van der Waals surface area contributed by atoms with Gasteiger partial charge >= 0.3 is 0 Å². The van der Waals surface area contributed by atoms with E-state index in [0.29, 0.717) is 38.2 Å². The Kier molecular flexibility index (Phi) is 5.79. The summed E-state index contributed by atoms with van der Waals surface area (Å²) in [5, 5.41) is 0. The molecule has 5 nitrogen and oxygen atoms in total. The molecule has 0 bridgehead atoms. The Morgan fingerprint density at radius 1 is 1.22 bits per heavy atom. The van der Waals surface area contributed by atoms with Gasteiger partial charge in [-0.25, -0.2) is 8.78 Å². The van der Waals surface area contributed by atoms with Crippen LogP contribution in [0, 0.1) is 17.0 Å². The molecule has 27 heavy (non-hydrogen) atoms. The highest BCUT2D eigenvalue weighted by Crippen LogP contribution is 2.41. The molecule has 2 aliphatic heterocycles. The lowest BCUT2D eigenvalue weighted by atomic mass is 9.77. The van der Waals surface area contributed by atoms with Gasteiger partial charge in [-0.15, -0.1) is 0 Å². The first-order valence-corrected chi connectivity index (χ1v) is 9.50. The van der Waals surface area contributed by atoms with E-state index in [-0.39, 0.29) is 17.2 Å². The molecule has 0 atom stereocenters. The minimum atomic E-state index is -0.885. The zero-order valence-corrected chi connectivity index (χ0v) is 16.0. The van der Waals surface area contributed by atoms with Crippen LogP contribution in [0.1, 0.15) is 31.7 Å². The molecule has 1 spiro atoms. The maximum atomic E-state index is 13.4. The third-order valence-electron chi connectivity index (χ3n) is 5.94. The number of amides is 2. The lowest BCUT2D eigenvalue weighted by Crippen LogP contribution is -2.45. The van der Waals surface area contributed by atoms with E-state index >= 15 is 0 Å². The molecule has 0 N–H and O–H groups in total. The standard InChI is InChI=1S/C20H27F2N3O2/c1-3-23(2)19(27)13-24-8-6-20(7-9-24)11-18(26)25(14-20)12-15-4-5-16(21)17(22)10-15/h4-5,10H,3,6-9,11-14H2,1-2H3. The van der Waals surface area contributed by atoms with E-state index in [0.717, 1.165) is 38.1 Å². The highest BCUT2D eigenvalue weighted by atomic mass is 19.2. The van der Waals surface area contributed by atoms with E-state index < -0.39 is 11.6 Å². The van der Waals surface area contributed by atoms with E-state index in [4.69, 9.17) is 0 Å². The Labute approximate surface area is 158 Å². The van der Waals surface area contributed by atoms with Gasteiger partial charge in [0.25, 0.3) is 0 Å². The SMILES string of the molecule is CCN(C)C(=O)CN1CCC2(CC1)CC(=O)N(Cc1ccc(F)c(F)c1)C2. The Balaban J connectivity index is 1.56. The van der Waals surface area contributed by atoms with E-state index in [9.17, 15) is 18.4 Å². The second-order valence-electron chi connectivity index (χ2n) is 7.86. The highest BCUT2D eigenvalue weighted by molar-refractivity contribution is 5.79. The van der Waals surface area contributed by atoms with Crippen molar-refractivity contribution in [3.05, 3.63) is 35.4 Å². The van der Waals surface area contributed by atoms with Crippen molar-refractivity contribution >= 4 is 11.8 Å². The molecule has 1 aromatic carbocycles. The molecule has 2 aliphatic rings. The number of hydrogen-bond acceptors (Lipinski definition) is 3. The Bertz CT molecular complexity index is 717. The highest BCUT2D eigenvalue weighted by Gasteiger charge is 2.44. The first kappa shape index (κ1) is 19.7. The molecule has 2 saturated heterocycles. The maximum Gasteiger partial charge on any atom is 0.236 e. The Morgan fingerprint density at radius 3 is 2.56 bits per heavy atom. The molecule has 2 fully saturated rings. The zero-order chi connectivity index (χ0) is 19.6. The fourth-order valence-electron chi connectivity index (χ4n) is 3.99. The van der Waals surface area contributed by atoms with Crippen molar-refractivity contribution in [3.63, 3.8) is 0 Å². The summed E-state index contributed by atoms with van der Waals surface area (Å²) in [4.78, 5) is 30.2. The largest absolute Gasteiger partial charge is 0.345 e. The summed E-state index contributed by atoms with van der Waals surface area (Å²) in [5.41, 5.74) is 0.538. The van der Waals surface area contributed by atoms with Crippen LogP contribution in [-0.4, -0.2) is 66.3 Å². The third kappa shape index (κ3) is 4.46.